The van der Waals surface area contributed by atoms with Crippen LogP contribution in [0.15, 0.2) is 18.2 Å². The topological polar surface area (TPSA) is 105 Å². The first-order chi connectivity index (χ1) is 8.51. The molecule has 0 aliphatic rings. The van der Waals surface area contributed by atoms with E-state index in [9.17, 15) is 10.1 Å². The second kappa shape index (κ2) is 5.98. The van der Waals surface area contributed by atoms with Gasteiger partial charge in [0, 0.05) is 12.6 Å². The molecule has 0 radical (unpaired) electrons. The number of rotatable bonds is 5. The first-order valence-electron chi connectivity index (χ1n) is 5.65. The highest BCUT2D eigenvalue weighted by Crippen LogP contribution is 2.29. The van der Waals surface area contributed by atoms with Gasteiger partial charge in [-0.15, -0.1) is 0 Å². The van der Waals surface area contributed by atoms with E-state index in [2.05, 4.69) is 5.32 Å². The van der Waals surface area contributed by atoms with Crippen LogP contribution in [-0.4, -0.2) is 17.5 Å². The zero-order valence-electron chi connectivity index (χ0n) is 10.4. The Balaban J connectivity index is 3.17. The predicted molar refractivity (Wildman–Crippen MR) is 69.1 cm³/mol. The summed E-state index contributed by atoms with van der Waals surface area (Å²) in [6.07, 6.45) is 0. The molecule has 0 aromatic heterocycles. The van der Waals surface area contributed by atoms with Gasteiger partial charge in [-0.3, -0.25) is 10.1 Å². The van der Waals surface area contributed by atoms with Gasteiger partial charge in [0.15, 0.2) is 0 Å². The third kappa shape index (κ3) is 2.96. The second-order valence-electron chi connectivity index (χ2n) is 4.30. The average Bonchev–Trinajstić information content (AvgIpc) is 2.34. The lowest BCUT2D eigenvalue weighted by molar-refractivity contribution is -0.384. The van der Waals surface area contributed by atoms with Gasteiger partial charge in [0.1, 0.15) is 17.3 Å². The Morgan fingerprint density at radius 1 is 1.56 bits per heavy atom. The van der Waals surface area contributed by atoms with Gasteiger partial charge in [-0.2, -0.15) is 5.26 Å². The number of benzene rings is 1. The smallest absolute Gasteiger partial charge is 0.309 e. The Morgan fingerprint density at radius 2 is 2.22 bits per heavy atom. The first-order valence-corrected chi connectivity index (χ1v) is 5.65. The van der Waals surface area contributed by atoms with Crippen molar-refractivity contribution < 1.29 is 4.92 Å². The molecule has 3 N–H and O–H groups in total. The van der Waals surface area contributed by atoms with E-state index < -0.39 is 4.92 Å². The zero-order chi connectivity index (χ0) is 13.7. The Kier molecular flexibility index (Phi) is 4.63. The minimum atomic E-state index is -0.547. The Bertz CT molecular complexity index is 479. The number of hydrogen-bond acceptors (Lipinski definition) is 5. The highest BCUT2D eigenvalue weighted by Gasteiger charge is 2.22. The van der Waals surface area contributed by atoms with Crippen LogP contribution in [0.1, 0.15) is 19.4 Å². The molecule has 0 heterocycles. The molecule has 1 aromatic carbocycles. The largest absolute Gasteiger partial charge is 0.375 e. The van der Waals surface area contributed by atoms with Crippen LogP contribution < -0.4 is 11.1 Å². The van der Waals surface area contributed by atoms with E-state index in [-0.39, 0.29) is 23.2 Å². The molecule has 0 saturated carbocycles. The summed E-state index contributed by atoms with van der Waals surface area (Å²) >= 11 is 0. The molecule has 0 saturated heterocycles. The summed E-state index contributed by atoms with van der Waals surface area (Å²) in [4.78, 5) is 10.5. The van der Waals surface area contributed by atoms with Gasteiger partial charge in [-0.05, 0) is 18.1 Å². The van der Waals surface area contributed by atoms with Gasteiger partial charge in [0.05, 0.1) is 4.92 Å². The van der Waals surface area contributed by atoms with Crippen LogP contribution in [0.5, 0.6) is 0 Å². The van der Waals surface area contributed by atoms with Crippen molar-refractivity contribution in [1.82, 2.24) is 0 Å². The second-order valence-corrected chi connectivity index (χ2v) is 4.30. The van der Waals surface area contributed by atoms with Crippen molar-refractivity contribution in [3.63, 3.8) is 0 Å². The number of para-hydroxylation sites is 1. The quantitative estimate of drug-likeness (QED) is 0.611. The van der Waals surface area contributed by atoms with Gasteiger partial charge >= 0.3 is 5.69 Å². The van der Waals surface area contributed by atoms with Crippen molar-refractivity contribution in [2.75, 3.05) is 11.9 Å². The zero-order valence-corrected chi connectivity index (χ0v) is 10.4. The van der Waals surface area contributed by atoms with E-state index in [1.165, 1.54) is 6.07 Å². The average molecular weight is 248 g/mol. The molecular formula is C12H16N4O2. The standard InChI is InChI=1S/C12H16N4O2/c1-8(2)11(7-14)15-10-5-3-4-9(6-13)12(10)16(17)18/h3-5,8,11,15H,7,14H2,1-2H3. The minimum absolute atomic E-state index is 0.0459. The maximum absolute atomic E-state index is 11.0. The van der Waals surface area contributed by atoms with Gasteiger partial charge in [-0.25, -0.2) is 0 Å². The van der Waals surface area contributed by atoms with Crippen molar-refractivity contribution >= 4 is 11.4 Å². The SMILES string of the molecule is CC(C)C(CN)Nc1cccc(C#N)c1[N+](=O)[O-]. The Morgan fingerprint density at radius 3 is 2.67 bits per heavy atom. The molecule has 0 bridgehead atoms. The fourth-order valence-electron chi connectivity index (χ4n) is 1.64. The van der Waals surface area contributed by atoms with Crippen LogP contribution in [-0.2, 0) is 0 Å². The minimum Gasteiger partial charge on any atom is -0.375 e. The summed E-state index contributed by atoms with van der Waals surface area (Å²) in [5.74, 6) is 0.236. The maximum atomic E-state index is 11.0. The summed E-state index contributed by atoms with van der Waals surface area (Å²) in [6, 6.07) is 6.38. The number of nitro groups is 1. The van der Waals surface area contributed by atoms with Crippen molar-refractivity contribution in [1.29, 1.82) is 5.26 Å². The Hall–Kier alpha value is -2.13. The molecule has 18 heavy (non-hydrogen) atoms. The summed E-state index contributed by atoms with van der Waals surface area (Å²) in [5, 5.41) is 22.9. The maximum Gasteiger partial charge on any atom is 0.309 e. The van der Waals surface area contributed by atoms with E-state index in [1.54, 1.807) is 12.1 Å². The van der Waals surface area contributed by atoms with Crippen molar-refractivity contribution in [3.8, 4) is 6.07 Å². The van der Waals surface area contributed by atoms with E-state index in [1.807, 2.05) is 19.9 Å². The third-order valence-electron chi connectivity index (χ3n) is 2.74. The highest BCUT2D eigenvalue weighted by atomic mass is 16.6. The van der Waals surface area contributed by atoms with Crippen molar-refractivity contribution in [2.24, 2.45) is 11.7 Å². The molecular weight excluding hydrogens is 232 g/mol. The first kappa shape index (κ1) is 13.9. The molecule has 6 heteroatoms. The van der Waals surface area contributed by atoms with Gasteiger partial charge in [0.2, 0.25) is 0 Å². The van der Waals surface area contributed by atoms with Crippen LogP contribution in [0, 0.1) is 27.4 Å². The normalized spacial score (nSPS) is 11.9. The van der Waals surface area contributed by atoms with Crippen LogP contribution in [0.3, 0.4) is 0 Å². The summed E-state index contributed by atoms with van der Waals surface area (Å²) in [6.45, 7) is 4.32. The monoisotopic (exact) mass is 248 g/mol. The molecule has 1 rings (SSSR count). The number of hydrogen-bond donors (Lipinski definition) is 2. The van der Waals surface area contributed by atoms with Crippen LogP contribution in [0.2, 0.25) is 0 Å². The van der Waals surface area contributed by atoms with E-state index >= 15 is 0 Å². The van der Waals surface area contributed by atoms with Crippen molar-refractivity contribution in [2.45, 2.75) is 19.9 Å². The fraction of sp³-hybridized carbons (Fsp3) is 0.417. The molecule has 1 aromatic rings. The van der Waals surface area contributed by atoms with Crippen LogP contribution in [0.4, 0.5) is 11.4 Å². The molecule has 0 aliphatic carbocycles. The lowest BCUT2D eigenvalue weighted by Gasteiger charge is -2.21. The predicted octanol–water partition coefficient (Wildman–Crippen LogP) is 1.86. The molecule has 0 fully saturated rings. The van der Waals surface area contributed by atoms with Gasteiger partial charge < -0.3 is 11.1 Å². The van der Waals surface area contributed by atoms with E-state index in [0.717, 1.165) is 0 Å². The lowest BCUT2D eigenvalue weighted by Crippen LogP contribution is -2.33. The summed E-state index contributed by atoms with van der Waals surface area (Å²) < 4.78 is 0. The molecule has 6 nitrogen and oxygen atoms in total. The molecule has 0 amide bonds. The van der Waals surface area contributed by atoms with Crippen molar-refractivity contribution in [3.05, 3.63) is 33.9 Å². The Labute approximate surface area is 106 Å². The number of nitriles is 1. The van der Waals surface area contributed by atoms with E-state index in [0.29, 0.717) is 12.2 Å². The van der Waals surface area contributed by atoms with Crippen LogP contribution in [0.25, 0.3) is 0 Å². The number of nitrogens with zero attached hydrogens (tertiary/aromatic N) is 2. The third-order valence-corrected chi connectivity index (χ3v) is 2.74. The van der Waals surface area contributed by atoms with Gasteiger partial charge in [-0.1, -0.05) is 19.9 Å². The fourth-order valence-corrected chi connectivity index (χ4v) is 1.64. The highest BCUT2D eigenvalue weighted by molar-refractivity contribution is 5.68. The van der Waals surface area contributed by atoms with Crippen LogP contribution >= 0.6 is 0 Å². The summed E-state index contributed by atoms with van der Waals surface area (Å²) in [5.41, 5.74) is 5.81. The summed E-state index contributed by atoms with van der Waals surface area (Å²) in [7, 11) is 0. The number of nitrogens with two attached hydrogens (primary N) is 1. The number of nitrogens with one attached hydrogen (secondary N) is 1. The molecule has 1 atom stereocenters. The van der Waals surface area contributed by atoms with E-state index in [4.69, 9.17) is 11.0 Å². The molecule has 1 unspecified atom stereocenters. The molecule has 0 spiro atoms. The lowest BCUT2D eigenvalue weighted by atomic mass is 10.0. The molecule has 0 aliphatic heterocycles. The van der Waals surface area contributed by atoms with Gasteiger partial charge in [0.25, 0.3) is 0 Å². The number of anilines is 1. The number of nitro benzene ring substituents is 1. The molecule has 96 valence electrons.